The Hall–Kier alpha value is -2.86. The lowest BCUT2D eigenvalue weighted by Crippen LogP contribution is -2.50. The summed E-state index contributed by atoms with van der Waals surface area (Å²) in [5.74, 6) is 0.538. The predicted octanol–water partition coefficient (Wildman–Crippen LogP) is 5.71. The van der Waals surface area contributed by atoms with Crippen LogP contribution in [0.4, 0.5) is 4.79 Å². The molecule has 0 spiro atoms. The van der Waals surface area contributed by atoms with Crippen molar-refractivity contribution in [1.29, 1.82) is 0 Å². The first-order valence-corrected chi connectivity index (χ1v) is 11.4. The molecule has 0 saturated carbocycles. The Balaban J connectivity index is 2.25. The van der Waals surface area contributed by atoms with Crippen molar-refractivity contribution in [2.45, 2.75) is 59.0 Å². The van der Waals surface area contributed by atoms with Gasteiger partial charge in [-0.25, -0.2) is 9.78 Å². The molecule has 6 nitrogen and oxygen atoms in total. The highest BCUT2D eigenvalue weighted by Gasteiger charge is 2.30. The fourth-order valence-electron chi connectivity index (χ4n) is 3.79. The molecular formula is C25H31ClN4O2. The molecule has 3 rings (SSSR count). The molecule has 1 unspecified atom stereocenters. The van der Waals surface area contributed by atoms with E-state index >= 15 is 0 Å². The van der Waals surface area contributed by atoms with Crippen LogP contribution in [0.5, 0.6) is 0 Å². The molecule has 2 amide bonds. The molecule has 0 aliphatic heterocycles. The Morgan fingerprint density at radius 1 is 1.12 bits per heavy atom. The largest absolute Gasteiger partial charge is 0.333 e. The topological polar surface area (TPSA) is 67.2 Å². The summed E-state index contributed by atoms with van der Waals surface area (Å²) in [6, 6.07) is 13.8. The van der Waals surface area contributed by atoms with E-state index in [1.165, 1.54) is 0 Å². The Kier molecular flexibility index (Phi) is 7.24. The number of urea groups is 1. The van der Waals surface area contributed by atoms with Gasteiger partial charge in [0.2, 0.25) is 0 Å². The smallest absolute Gasteiger partial charge is 0.318 e. The summed E-state index contributed by atoms with van der Waals surface area (Å²) in [5.41, 5.74) is 0.732. The summed E-state index contributed by atoms with van der Waals surface area (Å²) < 4.78 is 1.61. The van der Waals surface area contributed by atoms with Crippen molar-refractivity contribution < 1.29 is 4.79 Å². The molecule has 2 aromatic carbocycles. The van der Waals surface area contributed by atoms with Crippen molar-refractivity contribution in [2.75, 3.05) is 6.54 Å². The van der Waals surface area contributed by atoms with Crippen molar-refractivity contribution in [3.8, 4) is 5.69 Å². The van der Waals surface area contributed by atoms with Crippen LogP contribution < -0.4 is 10.9 Å². The summed E-state index contributed by atoms with van der Waals surface area (Å²) in [6.07, 6.45) is 1.39. The van der Waals surface area contributed by atoms with Crippen LogP contribution >= 0.6 is 11.6 Å². The molecule has 1 N–H and O–H groups in total. The van der Waals surface area contributed by atoms with E-state index in [-0.39, 0.29) is 23.2 Å². The van der Waals surface area contributed by atoms with Crippen molar-refractivity contribution in [3.63, 3.8) is 0 Å². The van der Waals surface area contributed by atoms with E-state index in [1.807, 2.05) is 52.8 Å². The average molecular weight is 455 g/mol. The fraction of sp³-hybridized carbons (Fsp3) is 0.400. The van der Waals surface area contributed by atoms with Crippen LogP contribution in [0.3, 0.4) is 0 Å². The second-order valence-electron chi connectivity index (χ2n) is 8.90. The number of benzene rings is 2. The summed E-state index contributed by atoms with van der Waals surface area (Å²) >= 11 is 6.09. The van der Waals surface area contributed by atoms with Gasteiger partial charge in [0.05, 0.1) is 22.6 Å². The number of halogens is 1. The van der Waals surface area contributed by atoms with Crippen LogP contribution in [-0.4, -0.2) is 32.6 Å². The van der Waals surface area contributed by atoms with Gasteiger partial charge in [0.25, 0.3) is 5.56 Å². The molecule has 0 bridgehead atoms. The molecule has 0 aliphatic carbocycles. The zero-order chi connectivity index (χ0) is 23.5. The Morgan fingerprint density at radius 2 is 1.78 bits per heavy atom. The van der Waals surface area contributed by atoms with Gasteiger partial charge in [-0.15, -0.1) is 0 Å². The van der Waals surface area contributed by atoms with Crippen molar-refractivity contribution in [1.82, 2.24) is 19.8 Å². The van der Waals surface area contributed by atoms with E-state index in [9.17, 15) is 9.59 Å². The number of carbonyl (C=O) groups excluding carboxylic acids is 1. The molecule has 1 atom stereocenters. The number of carbonyl (C=O) groups is 1. The maximum atomic E-state index is 13.6. The first-order valence-electron chi connectivity index (χ1n) is 11.0. The van der Waals surface area contributed by atoms with Gasteiger partial charge in [-0.2, -0.15) is 0 Å². The maximum absolute atomic E-state index is 13.6. The van der Waals surface area contributed by atoms with E-state index in [2.05, 4.69) is 5.32 Å². The minimum atomic E-state index is -0.384. The molecule has 7 heteroatoms. The van der Waals surface area contributed by atoms with Crippen molar-refractivity contribution in [2.24, 2.45) is 0 Å². The van der Waals surface area contributed by atoms with Crippen molar-refractivity contribution >= 4 is 28.5 Å². The molecule has 0 aliphatic rings. The second-order valence-corrected chi connectivity index (χ2v) is 9.34. The minimum absolute atomic E-state index is 0.168. The van der Waals surface area contributed by atoms with E-state index < -0.39 is 0 Å². The standard InChI is InChI=1S/C25H31ClN4O2/c1-6-16-29(24(32)28-25(3,4)5)21(7-2)22-27-20-11-9-8-10-19(20)23(31)30(22)18-14-12-17(26)13-15-18/h8-15,21H,6-7,16H2,1-5H3,(H,28,32). The minimum Gasteiger partial charge on any atom is -0.333 e. The molecule has 1 heterocycles. The summed E-state index contributed by atoms with van der Waals surface area (Å²) in [6.45, 7) is 10.4. The molecular weight excluding hydrogens is 424 g/mol. The van der Waals surface area contributed by atoms with Crippen LogP contribution in [0.2, 0.25) is 5.02 Å². The summed E-state index contributed by atoms with van der Waals surface area (Å²) in [7, 11) is 0. The first kappa shape index (κ1) is 23.8. The summed E-state index contributed by atoms with van der Waals surface area (Å²) in [5, 5.41) is 4.18. The lowest BCUT2D eigenvalue weighted by atomic mass is 10.1. The lowest BCUT2D eigenvalue weighted by Gasteiger charge is -2.34. The third-order valence-electron chi connectivity index (χ3n) is 5.15. The Labute approximate surface area is 194 Å². The van der Waals surface area contributed by atoms with Crippen LogP contribution in [0, 0.1) is 0 Å². The second kappa shape index (κ2) is 9.74. The van der Waals surface area contributed by atoms with Gasteiger partial charge in [-0.3, -0.25) is 9.36 Å². The molecule has 170 valence electrons. The van der Waals surface area contributed by atoms with Gasteiger partial charge < -0.3 is 10.2 Å². The van der Waals surface area contributed by atoms with Gasteiger partial charge >= 0.3 is 6.03 Å². The van der Waals surface area contributed by atoms with Crippen LogP contribution in [0.1, 0.15) is 59.3 Å². The van der Waals surface area contributed by atoms with E-state index in [0.29, 0.717) is 40.4 Å². The molecule has 32 heavy (non-hydrogen) atoms. The number of nitrogens with one attached hydrogen (secondary N) is 1. The third kappa shape index (κ3) is 5.13. The number of fused-ring (bicyclic) bond motifs is 1. The summed E-state index contributed by atoms with van der Waals surface area (Å²) in [4.78, 5) is 33.5. The lowest BCUT2D eigenvalue weighted by molar-refractivity contribution is 0.160. The number of nitrogens with zero attached hydrogens (tertiary/aromatic N) is 3. The monoisotopic (exact) mass is 454 g/mol. The van der Waals surface area contributed by atoms with Gasteiger partial charge in [-0.1, -0.05) is 37.6 Å². The third-order valence-corrected chi connectivity index (χ3v) is 5.41. The van der Waals surface area contributed by atoms with Gasteiger partial charge in [0.15, 0.2) is 0 Å². The van der Waals surface area contributed by atoms with Gasteiger partial charge in [-0.05, 0) is 70.0 Å². The zero-order valence-electron chi connectivity index (χ0n) is 19.4. The van der Waals surface area contributed by atoms with Gasteiger partial charge in [0, 0.05) is 17.1 Å². The Morgan fingerprint density at radius 3 is 2.38 bits per heavy atom. The predicted molar refractivity (Wildman–Crippen MR) is 131 cm³/mol. The number of amides is 2. The average Bonchev–Trinajstić information content (AvgIpc) is 2.73. The molecule has 0 fully saturated rings. The maximum Gasteiger partial charge on any atom is 0.318 e. The number of hydrogen-bond donors (Lipinski definition) is 1. The SMILES string of the molecule is CCCN(C(=O)NC(C)(C)C)C(CC)c1nc2ccccc2c(=O)n1-c1ccc(Cl)cc1. The quantitative estimate of drug-likeness (QED) is 0.518. The van der Waals surface area contributed by atoms with E-state index in [4.69, 9.17) is 16.6 Å². The zero-order valence-corrected chi connectivity index (χ0v) is 20.1. The first-order chi connectivity index (χ1) is 15.2. The Bertz CT molecular complexity index is 1150. The number of aromatic nitrogens is 2. The van der Waals surface area contributed by atoms with Crippen LogP contribution in [-0.2, 0) is 0 Å². The number of hydrogen-bond acceptors (Lipinski definition) is 3. The van der Waals surface area contributed by atoms with Gasteiger partial charge in [0.1, 0.15) is 5.82 Å². The molecule has 1 aromatic heterocycles. The van der Waals surface area contributed by atoms with Crippen LogP contribution in [0.25, 0.3) is 16.6 Å². The van der Waals surface area contributed by atoms with Crippen molar-refractivity contribution in [3.05, 3.63) is 69.7 Å². The number of para-hydroxylation sites is 1. The van der Waals surface area contributed by atoms with E-state index in [0.717, 1.165) is 6.42 Å². The van der Waals surface area contributed by atoms with Crippen LogP contribution in [0.15, 0.2) is 53.3 Å². The fourth-order valence-corrected chi connectivity index (χ4v) is 3.91. The highest BCUT2D eigenvalue weighted by atomic mass is 35.5. The normalized spacial score (nSPS) is 12.6. The van der Waals surface area contributed by atoms with E-state index in [1.54, 1.807) is 39.8 Å². The number of rotatable bonds is 6. The highest BCUT2D eigenvalue weighted by Crippen LogP contribution is 2.27. The molecule has 0 saturated heterocycles. The molecule has 3 aromatic rings. The highest BCUT2D eigenvalue weighted by molar-refractivity contribution is 6.30. The molecule has 0 radical (unpaired) electrons.